The molecule has 0 spiro atoms. The van der Waals surface area contributed by atoms with Crippen molar-refractivity contribution < 1.29 is 10.2 Å². The first kappa shape index (κ1) is 28.1. The molecule has 0 aliphatic heterocycles. The largest absolute Gasteiger partial charge is 0.390 e. The van der Waals surface area contributed by atoms with Gasteiger partial charge in [-0.3, -0.25) is 0 Å². The van der Waals surface area contributed by atoms with Crippen molar-refractivity contribution in [3.8, 4) is 0 Å². The molecule has 1 saturated carbocycles. The Labute approximate surface area is 182 Å². The van der Waals surface area contributed by atoms with Gasteiger partial charge in [0.25, 0.3) is 0 Å². The van der Waals surface area contributed by atoms with Crippen molar-refractivity contribution in [2.45, 2.75) is 119 Å². The highest BCUT2D eigenvalue weighted by Crippen LogP contribution is 2.32. The zero-order valence-electron chi connectivity index (χ0n) is 21.0. The molecule has 0 radical (unpaired) electrons. The standard InChI is InChI=1S/C12H24O2.C10H14.C5H12/c1-12(2,3)7-6-9-4-5-10(13)11(14)8-9;1-10(2,3)9-7-5-4-6-8-9;1-5(2,3)4/h9-11,13-14H,4-8H2,1-3H3;4-8H,1-3H3;1-4H3. The van der Waals surface area contributed by atoms with Crippen molar-refractivity contribution in [2.75, 3.05) is 0 Å². The van der Waals surface area contributed by atoms with E-state index in [1.54, 1.807) is 0 Å². The molecule has 3 unspecified atom stereocenters. The maximum Gasteiger partial charge on any atom is 0.0801 e. The molecule has 2 rings (SSSR count). The van der Waals surface area contributed by atoms with Gasteiger partial charge in [0.1, 0.15) is 0 Å². The summed E-state index contributed by atoms with van der Waals surface area (Å²) >= 11 is 0. The molecule has 1 fully saturated rings. The molecule has 0 amide bonds. The Hall–Kier alpha value is -0.860. The molecule has 29 heavy (non-hydrogen) atoms. The van der Waals surface area contributed by atoms with Crippen LogP contribution in [0.2, 0.25) is 0 Å². The fourth-order valence-corrected chi connectivity index (χ4v) is 3.05. The van der Waals surface area contributed by atoms with E-state index in [1.807, 2.05) is 0 Å². The summed E-state index contributed by atoms with van der Waals surface area (Å²) in [5.74, 6) is 0.618. The molecule has 0 bridgehead atoms. The summed E-state index contributed by atoms with van der Waals surface area (Å²) in [7, 11) is 0. The van der Waals surface area contributed by atoms with Gasteiger partial charge in [-0.05, 0) is 59.8 Å². The third-order valence-corrected chi connectivity index (χ3v) is 4.83. The second-order valence-electron chi connectivity index (χ2n) is 12.5. The molecule has 0 aromatic heterocycles. The zero-order valence-corrected chi connectivity index (χ0v) is 21.0. The molecule has 170 valence electrons. The summed E-state index contributed by atoms with van der Waals surface area (Å²) in [6.45, 7) is 22.2. The Bertz CT molecular complexity index is 522. The van der Waals surface area contributed by atoms with Crippen LogP contribution >= 0.6 is 0 Å². The third kappa shape index (κ3) is 16.6. The lowest BCUT2D eigenvalue weighted by Crippen LogP contribution is -2.33. The second-order valence-corrected chi connectivity index (χ2v) is 12.5. The number of aliphatic hydroxyl groups is 2. The average Bonchev–Trinajstić information content (AvgIpc) is 2.54. The summed E-state index contributed by atoms with van der Waals surface area (Å²) < 4.78 is 0. The van der Waals surface area contributed by atoms with Gasteiger partial charge in [0.15, 0.2) is 0 Å². The van der Waals surface area contributed by atoms with Crippen LogP contribution in [0, 0.1) is 16.7 Å². The molecular weight excluding hydrogens is 356 g/mol. The molecule has 1 aromatic carbocycles. The van der Waals surface area contributed by atoms with E-state index in [1.165, 1.54) is 18.4 Å². The Morgan fingerprint density at radius 2 is 1.24 bits per heavy atom. The van der Waals surface area contributed by atoms with Gasteiger partial charge in [0.2, 0.25) is 0 Å². The Morgan fingerprint density at radius 3 is 1.59 bits per heavy atom. The van der Waals surface area contributed by atoms with Gasteiger partial charge >= 0.3 is 0 Å². The summed E-state index contributed by atoms with van der Waals surface area (Å²) in [6.07, 6.45) is 4.09. The SMILES string of the molecule is CC(C)(C)C.CC(C)(C)CCC1CCC(O)C(O)C1.CC(C)(C)c1ccccc1. The third-order valence-electron chi connectivity index (χ3n) is 4.83. The minimum absolute atomic E-state index is 0.293. The van der Waals surface area contributed by atoms with E-state index >= 15 is 0 Å². The first-order valence-corrected chi connectivity index (χ1v) is 11.4. The number of benzene rings is 1. The van der Waals surface area contributed by atoms with Crippen LogP contribution in [-0.4, -0.2) is 22.4 Å². The number of hydrogen-bond acceptors (Lipinski definition) is 2. The predicted octanol–water partition coefficient (Wildman–Crippen LogP) is 7.37. The number of rotatable bonds is 2. The van der Waals surface area contributed by atoms with Crippen LogP contribution in [0.1, 0.15) is 107 Å². The van der Waals surface area contributed by atoms with Crippen LogP contribution in [-0.2, 0) is 5.41 Å². The van der Waals surface area contributed by atoms with Crippen molar-refractivity contribution >= 4 is 0 Å². The van der Waals surface area contributed by atoms with Crippen LogP contribution in [0.4, 0.5) is 0 Å². The van der Waals surface area contributed by atoms with E-state index in [2.05, 4.69) is 99.6 Å². The van der Waals surface area contributed by atoms with Crippen molar-refractivity contribution in [3.63, 3.8) is 0 Å². The van der Waals surface area contributed by atoms with Gasteiger partial charge in [-0.1, -0.05) is 99.6 Å². The topological polar surface area (TPSA) is 40.5 Å². The molecule has 2 nitrogen and oxygen atoms in total. The molecule has 1 aliphatic rings. The average molecular weight is 407 g/mol. The predicted molar refractivity (Wildman–Crippen MR) is 128 cm³/mol. The van der Waals surface area contributed by atoms with Gasteiger partial charge in [-0.25, -0.2) is 0 Å². The molecule has 0 heterocycles. The van der Waals surface area contributed by atoms with Gasteiger partial charge in [-0.2, -0.15) is 0 Å². The lowest BCUT2D eigenvalue weighted by Gasteiger charge is -2.31. The van der Waals surface area contributed by atoms with E-state index < -0.39 is 12.2 Å². The lowest BCUT2D eigenvalue weighted by atomic mass is 9.79. The lowest BCUT2D eigenvalue weighted by molar-refractivity contribution is -0.0277. The maximum absolute atomic E-state index is 9.53. The highest BCUT2D eigenvalue weighted by molar-refractivity contribution is 5.21. The first-order chi connectivity index (χ1) is 13.0. The monoisotopic (exact) mass is 406 g/mol. The van der Waals surface area contributed by atoms with Gasteiger partial charge in [0, 0.05) is 0 Å². The minimum atomic E-state index is -0.478. The highest BCUT2D eigenvalue weighted by atomic mass is 16.3. The van der Waals surface area contributed by atoms with Crippen LogP contribution in [0.3, 0.4) is 0 Å². The van der Waals surface area contributed by atoms with Crippen LogP contribution < -0.4 is 0 Å². The van der Waals surface area contributed by atoms with E-state index in [9.17, 15) is 10.2 Å². The molecule has 2 N–H and O–H groups in total. The smallest absolute Gasteiger partial charge is 0.0801 e. The maximum atomic E-state index is 9.53. The van der Waals surface area contributed by atoms with E-state index in [0.717, 1.165) is 19.3 Å². The Morgan fingerprint density at radius 1 is 0.759 bits per heavy atom. The van der Waals surface area contributed by atoms with Crippen LogP contribution in [0.25, 0.3) is 0 Å². The van der Waals surface area contributed by atoms with Crippen molar-refractivity contribution in [1.29, 1.82) is 0 Å². The summed E-state index contributed by atoms with van der Waals surface area (Å²) in [4.78, 5) is 0. The van der Waals surface area contributed by atoms with Gasteiger partial charge in [-0.15, -0.1) is 0 Å². The summed E-state index contributed by atoms with van der Waals surface area (Å²) in [5, 5.41) is 18.9. The Balaban J connectivity index is 0.000000455. The zero-order chi connectivity index (χ0) is 22.9. The second kappa shape index (κ2) is 12.1. The molecular formula is C27H50O2. The molecule has 1 aliphatic carbocycles. The quantitative estimate of drug-likeness (QED) is 0.538. The molecule has 0 saturated heterocycles. The number of aliphatic hydroxyl groups excluding tert-OH is 2. The van der Waals surface area contributed by atoms with E-state index in [-0.39, 0.29) is 0 Å². The number of hydrogen-bond donors (Lipinski definition) is 2. The van der Waals surface area contributed by atoms with Crippen molar-refractivity contribution in [2.24, 2.45) is 16.7 Å². The fourth-order valence-electron chi connectivity index (χ4n) is 3.05. The molecule has 1 aromatic rings. The van der Waals surface area contributed by atoms with E-state index in [0.29, 0.717) is 22.2 Å². The van der Waals surface area contributed by atoms with Crippen LogP contribution in [0.5, 0.6) is 0 Å². The van der Waals surface area contributed by atoms with Crippen molar-refractivity contribution in [1.82, 2.24) is 0 Å². The Kier molecular flexibility index (Phi) is 11.7. The first-order valence-electron chi connectivity index (χ1n) is 11.4. The molecule has 3 atom stereocenters. The summed E-state index contributed by atoms with van der Waals surface area (Å²) in [6, 6.07) is 10.6. The fraction of sp³-hybridized carbons (Fsp3) is 0.778. The van der Waals surface area contributed by atoms with Gasteiger partial charge < -0.3 is 10.2 Å². The minimum Gasteiger partial charge on any atom is -0.390 e. The normalized spacial score (nSPS) is 22.7. The van der Waals surface area contributed by atoms with Crippen LogP contribution in [0.15, 0.2) is 30.3 Å². The van der Waals surface area contributed by atoms with E-state index in [4.69, 9.17) is 0 Å². The summed E-state index contributed by atoms with van der Waals surface area (Å²) in [5.41, 5.74) is 2.58. The molecule has 2 heteroatoms. The van der Waals surface area contributed by atoms with Gasteiger partial charge in [0.05, 0.1) is 12.2 Å². The van der Waals surface area contributed by atoms with Crippen molar-refractivity contribution in [3.05, 3.63) is 35.9 Å². The highest BCUT2D eigenvalue weighted by Gasteiger charge is 2.28.